The zero-order valence-corrected chi connectivity index (χ0v) is 15.7. The highest BCUT2D eigenvalue weighted by molar-refractivity contribution is 8.02. The Bertz CT molecular complexity index is 627. The van der Waals surface area contributed by atoms with Crippen molar-refractivity contribution < 1.29 is 4.79 Å². The Morgan fingerprint density at radius 1 is 1.24 bits per heavy atom. The van der Waals surface area contributed by atoms with Crippen molar-refractivity contribution in [1.82, 2.24) is 16.0 Å². The predicted molar refractivity (Wildman–Crippen MR) is 107 cm³/mol. The van der Waals surface area contributed by atoms with E-state index in [2.05, 4.69) is 16.0 Å². The van der Waals surface area contributed by atoms with E-state index in [1.165, 1.54) is 18.7 Å². The summed E-state index contributed by atoms with van der Waals surface area (Å²) in [5.74, 6) is 0.209. The summed E-state index contributed by atoms with van der Waals surface area (Å²) in [6.45, 7) is 4.62. The molecule has 1 rings (SSSR count). The number of benzene rings is 1. The summed E-state index contributed by atoms with van der Waals surface area (Å²) in [4.78, 5) is 11.5. The molecule has 0 spiro atoms. The first-order chi connectivity index (χ1) is 11.8. The molecule has 138 valence electrons. The molecule has 0 bridgehead atoms. The Morgan fingerprint density at radius 2 is 1.88 bits per heavy atom. The van der Waals surface area contributed by atoms with Crippen LogP contribution in [0.25, 0.3) is 5.57 Å². The van der Waals surface area contributed by atoms with Crippen LogP contribution in [0.3, 0.4) is 0 Å². The van der Waals surface area contributed by atoms with E-state index >= 15 is 0 Å². The molecule has 25 heavy (non-hydrogen) atoms. The maximum atomic E-state index is 11.5. The Hall–Kier alpha value is -2.16. The summed E-state index contributed by atoms with van der Waals surface area (Å²) in [5.41, 5.74) is 20.5. The second-order valence-electron chi connectivity index (χ2n) is 5.46. The van der Waals surface area contributed by atoms with Crippen LogP contribution in [-0.2, 0) is 4.79 Å². The van der Waals surface area contributed by atoms with Crippen molar-refractivity contribution in [2.75, 3.05) is 25.9 Å². The first-order valence-corrected chi connectivity index (χ1v) is 8.88. The quantitative estimate of drug-likeness (QED) is 0.155. The van der Waals surface area contributed by atoms with Gasteiger partial charge in [0.15, 0.2) is 5.78 Å². The largest absolute Gasteiger partial charge is 0.399 e. The molecule has 0 aliphatic carbocycles. The fourth-order valence-corrected chi connectivity index (χ4v) is 2.67. The van der Waals surface area contributed by atoms with E-state index in [-0.39, 0.29) is 11.3 Å². The number of allylic oxidation sites excluding steroid dienone is 2. The number of hydrogen-bond donors (Lipinski definition) is 6. The molecular weight excluding hydrogens is 336 g/mol. The third-order valence-electron chi connectivity index (χ3n) is 3.42. The molecule has 0 aliphatic heterocycles. The van der Waals surface area contributed by atoms with Crippen LogP contribution in [0.4, 0.5) is 5.69 Å². The molecule has 0 aliphatic rings. The number of anilines is 1. The Kier molecular flexibility index (Phi) is 8.90. The predicted octanol–water partition coefficient (Wildman–Crippen LogP) is 0.721. The van der Waals surface area contributed by atoms with Crippen LogP contribution < -0.4 is 33.2 Å². The van der Waals surface area contributed by atoms with Gasteiger partial charge in [0, 0.05) is 32.7 Å². The maximum Gasteiger partial charge on any atom is 0.179 e. The van der Waals surface area contributed by atoms with Crippen LogP contribution in [0, 0.1) is 0 Å². The van der Waals surface area contributed by atoms with Gasteiger partial charge < -0.3 is 27.8 Å². The van der Waals surface area contributed by atoms with Crippen molar-refractivity contribution >= 4 is 28.8 Å². The highest BCUT2D eigenvalue weighted by Gasteiger charge is 2.08. The lowest BCUT2D eigenvalue weighted by Gasteiger charge is -2.15. The van der Waals surface area contributed by atoms with E-state index in [0.29, 0.717) is 24.6 Å². The molecule has 9 N–H and O–H groups in total. The second-order valence-corrected chi connectivity index (χ2v) is 6.47. The van der Waals surface area contributed by atoms with Crippen LogP contribution in [0.1, 0.15) is 19.4 Å². The average molecular weight is 365 g/mol. The number of ketones is 1. The van der Waals surface area contributed by atoms with Gasteiger partial charge in [0.1, 0.15) is 17.0 Å². The lowest BCUT2D eigenvalue weighted by atomic mass is 10.1. The molecule has 0 radical (unpaired) electrons. The van der Waals surface area contributed by atoms with Gasteiger partial charge in [-0.3, -0.25) is 10.1 Å². The van der Waals surface area contributed by atoms with E-state index in [9.17, 15) is 4.79 Å². The number of carbonyl (C=O) groups excluding carboxylic acids is 1. The Balaban J connectivity index is 2.40. The second kappa shape index (κ2) is 10.7. The van der Waals surface area contributed by atoms with Crippen molar-refractivity contribution in [3.8, 4) is 0 Å². The normalized spacial score (nSPS) is 13.8. The maximum absolute atomic E-state index is 11.5. The summed E-state index contributed by atoms with van der Waals surface area (Å²) in [6, 6.07) is 7.70. The summed E-state index contributed by atoms with van der Waals surface area (Å²) >= 11 is 1.49. The van der Waals surface area contributed by atoms with Crippen molar-refractivity contribution in [3.63, 3.8) is 0 Å². The monoisotopic (exact) mass is 364 g/mol. The molecule has 0 aromatic heterocycles. The molecule has 0 amide bonds. The molecule has 0 saturated carbocycles. The molecule has 7 nitrogen and oxygen atoms in total. The highest BCUT2D eigenvalue weighted by Crippen LogP contribution is 2.19. The number of carbonyl (C=O) groups is 1. The van der Waals surface area contributed by atoms with Gasteiger partial charge in [-0.05, 0) is 35.6 Å². The van der Waals surface area contributed by atoms with Crippen LogP contribution in [0.2, 0.25) is 0 Å². The van der Waals surface area contributed by atoms with Gasteiger partial charge in [-0.1, -0.05) is 23.9 Å². The lowest BCUT2D eigenvalue weighted by molar-refractivity contribution is -0.114. The topological polar surface area (TPSA) is 131 Å². The molecule has 1 unspecified atom stereocenters. The molecule has 0 fully saturated rings. The molecule has 8 heteroatoms. The van der Waals surface area contributed by atoms with E-state index in [1.807, 2.05) is 36.6 Å². The molecule has 1 aromatic carbocycles. The van der Waals surface area contributed by atoms with E-state index < -0.39 is 0 Å². The molecular formula is C17H28N6OS. The van der Waals surface area contributed by atoms with Crippen molar-refractivity contribution in [2.24, 2.45) is 11.5 Å². The summed E-state index contributed by atoms with van der Waals surface area (Å²) in [7, 11) is 1.67. The van der Waals surface area contributed by atoms with Crippen molar-refractivity contribution in [1.29, 1.82) is 0 Å². The third kappa shape index (κ3) is 7.51. The fourth-order valence-electron chi connectivity index (χ4n) is 1.97. The minimum atomic E-state index is -0.253. The summed E-state index contributed by atoms with van der Waals surface area (Å²) in [6.07, 6.45) is 0. The van der Waals surface area contributed by atoms with E-state index in [4.69, 9.17) is 17.2 Å². The molecule has 0 heterocycles. The zero-order chi connectivity index (χ0) is 18.8. The molecule has 0 saturated heterocycles. The van der Waals surface area contributed by atoms with Gasteiger partial charge >= 0.3 is 0 Å². The first-order valence-electron chi connectivity index (χ1n) is 7.94. The summed E-state index contributed by atoms with van der Waals surface area (Å²) in [5, 5.41) is 10.9. The standard InChI is InChI=1S/C17H28N6OS/c1-11(13-4-6-14(18)7-5-13)10-25-17(20)23-9-8-22-15(12(2)24)16(19)21-3/h4-7,10,17,21-23H,8-9,18-20H2,1-3H3/b11-10+,16-15+. The van der Waals surface area contributed by atoms with Gasteiger partial charge in [-0.2, -0.15) is 0 Å². The van der Waals surface area contributed by atoms with Crippen LogP contribution in [0.15, 0.2) is 41.2 Å². The number of nitrogen functional groups attached to an aromatic ring is 1. The third-order valence-corrected chi connectivity index (χ3v) is 4.37. The van der Waals surface area contributed by atoms with Gasteiger partial charge in [-0.25, -0.2) is 0 Å². The van der Waals surface area contributed by atoms with Gasteiger partial charge in [0.2, 0.25) is 0 Å². The zero-order valence-electron chi connectivity index (χ0n) is 14.9. The summed E-state index contributed by atoms with van der Waals surface area (Å²) < 4.78 is 0. The van der Waals surface area contributed by atoms with Gasteiger partial charge in [-0.15, -0.1) is 0 Å². The lowest BCUT2D eigenvalue weighted by Crippen LogP contribution is -2.39. The average Bonchev–Trinajstić information content (AvgIpc) is 2.59. The number of nitrogens with one attached hydrogen (secondary N) is 3. The first kappa shape index (κ1) is 20.9. The highest BCUT2D eigenvalue weighted by atomic mass is 32.2. The smallest absolute Gasteiger partial charge is 0.179 e. The van der Waals surface area contributed by atoms with E-state index in [1.54, 1.807) is 7.05 Å². The number of nitrogens with two attached hydrogens (primary N) is 3. The number of thioether (sulfide) groups is 1. The fraction of sp³-hybridized carbons (Fsp3) is 0.353. The molecule has 1 aromatic rings. The van der Waals surface area contributed by atoms with Gasteiger partial charge in [0.25, 0.3) is 0 Å². The van der Waals surface area contributed by atoms with Crippen LogP contribution in [0.5, 0.6) is 0 Å². The van der Waals surface area contributed by atoms with Crippen molar-refractivity contribution in [3.05, 3.63) is 46.8 Å². The SMILES string of the molecule is CN/C(N)=C(/NCCNC(N)S/C=C(\C)c1ccc(N)cc1)C(C)=O. The Labute approximate surface area is 153 Å². The number of rotatable bonds is 10. The van der Waals surface area contributed by atoms with Crippen LogP contribution >= 0.6 is 11.8 Å². The van der Waals surface area contributed by atoms with Gasteiger partial charge in [0.05, 0.1) is 0 Å². The van der Waals surface area contributed by atoms with E-state index in [0.717, 1.165) is 16.8 Å². The number of Topliss-reactive ketones (excluding diaryl/α,β-unsaturated/α-hetero) is 1. The minimum absolute atomic E-state index is 0.118. The molecule has 1 atom stereocenters. The number of hydrogen-bond acceptors (Lipinski definition) is 8. The Morgan fingerprint density at radius 3 is 2.44 bits per heavy atom. The minimum Gasteiger partial charge on any atom is -0.399 e. The van der Waals surface area contributed by atoms with Crippen LogP contribution in [-0.4, -0.2) is 31.4 Å². The van der Waals surface area contributed by atoms with Crippen molar-refractivity contribution in [2.45, 2.75) is 19.3 Å².